The van der Waals surface area contributed by atoms with Crippen molar-refractivity contribution in [3.8, 4) is 17.2 Å². The third-order valence-corrected chi connectivity index (χ3v) is 2.99. The molecule has 2 aromatic carbocycles. The van der Waals surface area contributed by atoms with Crippen LogP contribution in [0.5, 0.6) is 17.2 Å². The zero-order valence-electron chi connectivity index (χ0n) is 11.7. The second-order valence-electron chi connectivity index (χ2n) is 4.62. The lowest BCUT2D eigenvalue weighted by Crippen LogP contribution is -2.19. The number of aromatic hydroxyl groups is 3. The summed E-state index contributed by atoms with van der Waals surface area (Å²) in [6.45, 7) is 1.71. The van der Waals surface area contributed by atoms with Gasteiger partial charge in [-0.3, -0.25) is 4.79 Å². The Balaban J connectivity index is 2.15. The fraction of sp³-hybridized carbons (Fsp3) is 0.0667. The summed E-state index contributed by atoms with van der Waals surface area (Å²) in [6.07, 6.45) is 0. The lowest BCUT2D eigenvalue weighted by atomic mass is 10.1. The average molecular weight is 301 g/mol. The molecule has 0 spiro atoms. The van der Waals surface area contributed by atoms with Crippen molar-refractivity contribution in [1.29, 1.82) is 0 Å². The van der Waals surface area contributed by atoms with Crippen molar-refractivity contribution in [1.82, 2.24) is 5.43 Å². The van der Waals surface area contributed by atoms with E-state index in [2.05, 4.69) is 10.5 Å². The summed E-state index contributed by atoms with van der Waals surface area (Å²) >= 11 is 0. The normalized spacial score (nSPS) is 11.2. The van der Waals surface area contributed by atoms with Gasteiger partial charge in [-0.05, 0) is 36.8 Å². The number of hydrogen-bond acceptors (Lipinski definition) is 6. The van der Waals surface area contributed by atoms with Gasteiger partial charge in [0.2, 0.25) is 0 Å². The number of rotatable bonds is 3. The lowest BCUT2D eigenvalue weighted by molar-refractivity contribution is 0.0954. The van der Waals surface area contributed by atoms with Crippen molar-refractivity contribution in [2.45, 2.75) is 6.92 Å². The van der Waals surface area contributed by atoms with E-state index in [0.717, 1.165) is 17.7 Å². The van der Waals surface area contributed by atoms with Gasteiger partial charge < -0.3 is 21.1 Å². The number of phenols is 3. The molecule has 114 valence electrons. The minimum atomic E-state index is -0.682. The summed E-state index contributed by atoms with van der Waals surface area (Å²) in [5.41, 5.74) is 9.81. The van der Waals surface area contributed by atoms with Gasteiger partial charge in [0.05, 0.1) is 5.71 Å². The Morgan fingerprint density at radius 1 is 1.05 bits per heavy atom. The first kappa shape index (κ1) is 15.2. The van der Waals surface area contributed by atoms with Crippen molar-refractivity contribution in [2.24, 2.45) is 5.10 Å². The van der Waals surface area contributed by atoms with Crippen molar-refractivity contribution in [2.75, 3.05) is 5.73 Å². The van der Waals surface area contributed by atoms with Crippen molar-refractivity contribution < 1.29 is 20.1 Å². The number of hydrogen-bond donors (Lipinski definition) is 5. The first-order valence-electron chi connectivity index (χ1n) is 6.34. The molecule has 2 aromatic rings. The van der Waals surface area contributed by atoms with Gasteiger partial charge in [-0.1, -0.05) is 12.1 Å². The zero-order valence-corrected chi connectivity index (χ0v) is 11.7. The minimum absolute atomic E-state index is 0.0401. The average Bonchev–Trinajstić information content (AvgIpc) is 2.50. The number of nitrogen functional groups attached to an aromatic ring is 1. The molecule has 7 heteroatoms. The van der Waals surface area contributed by atoms with Gasteiger partial charge in [-0.15, -0.1) is 0 Å². The smallest absolute Gasteiger partial charge is 0.271 e. The molecule has 0 saturated heterocycles. The Kier molecular flexibility index (Phi) is 4.17. The van der Waals surface area contributed by atoms with E-state index in [0.29, 0.717) is 11.4 Å². The van der Waals surface area contributed by atoms with Gasteiger partial charge in [-0.25, -0.2) is 5.43 Å². The molecule has 0 aliphatic carbocycles. The first-order chi connectivity index (χ1) is 10.4. The summed E-state index contributed by atoms with van der Waals surface area (Å²) in [5, 5.41) is 31.9. The van der Waals surface area contributed by atoms with E-state index in [1.165, 1.54) is 0 Å². The highest BCUT2D eigenvalue weighted by molar-refractivity contribution is 6.01. The Morgan fingerprint density at radius 2 is 1.59 bits per heavy atom. The number of benzene rings is 2. The number of nitrogens with one attached hydrogen (secondary N) is 1. The van der Waals surface area contributed by atoms with Crippen molar-refractivity contribution in [3.05, 3.63) is 47.5 Å². The quantitative estimate of drug-likeness (QED) is 0.254. The monoisotopic (exact) mass is 301 g/mol. The highest BCUT2D eigenvalue weighted by Gasteiger charge is 2.13. The zero-order chi connectivity index (χ0) is 16.3. The van der Waals surface area contributed by atoms with E-state index in [1.807, 2.05) is 0 Å². The molecule has 0 saturated carbocycles. The largest absolute Gasteiger partial charge is 0.504 e. The van der Waals surface area contributed by atoms with E-state index < -0.39 is 23.2 Å². The lowest BCUT2D eigenvalue weighted by Gasteiger charge is -2.06. The van der Waals surface area contributed by atoms with Crippen LogP contribution in [0.2, 0.25) is 0 Å². The van der Waals surface area contributed by atoms with Crippen LogP contribution in [-0.4, -0.2) is 26.9 Å². The van der Waals surface area contributed by atoms with E-state index in [4.69, 9.17) is 5.73 Å². The molecule has 0 radical (unpaired) electrons. The summed E-state index contributed by atoms with van der Waals surface area (Å²) in [5.74, 6) is -2.51. The van der Waals surface area contributed by atoms with Crippen LogP contribution in [0.3, 0.4) is 0 Å². The molecular formula is C15H15N3O4. The van der Waals surface area contributed by atoms with E-state index in [9.17, 15) is 20.1 Å². The van der Waals surface area contributed by atoms with E-state index in [-0.39, 0.29) is 5.56 Å². The van der Waals surface area contributed by atoms with Gasteiger partial charge >= 0.3 is 0 Å². The van der Waals surface area contributed by atoms with Crippen molar-refractivity contribution in [3.63, 3.8) is 0 Å². The summed E-state index contributed by atoms with van der Waals surface area (Å²) in [6, 6.07) is 9.01. The van der Waals surface area contributed by atoms with Gasteiger partial charge in [0, 0.05) is 11.3 Å². The van der Waals surface area contributed by atoms with Crippen LogP contribution in [-0.2, 0) is 0 Å². The van der Waals surface area contributed by atoms with E-state index in [1.54, 1.807) is 31.2 Å². The third kappa shape index (κ3) is 3.26. The predicted molar refractivity (Wildman–Crippen MR) is 82.0 cm³/mol. The van der Waals surface area contributed by atoms with Crippen molar-refractivity contribution >= 4 is 17.3 Å². The molecule has 6 N–H and O–H groups in total. The Bertz CT molecular complexity index is 716. The maximum absolute atomic E-state index is 11.9. The Hall–Kier alpha value is -3.22. The summed E-state index contributed by atoms with van der Waals surface area (Å²) in [7, 11) is 0. The standard InChI is InChI=1S/C15H15N3O4/c1-8(9-2-4-11(16)5-3-9)17-18-15(22)10-6-12(19)14(21)13(20)7-10/h2-7,19-21H,16H2,1H3,(H,18,22). The molecule has 1 amide bonds. The van der Waals surface area contributed by atoms with E-state index >= 15 is 0 Å². The number of anilines is 1. The van der Waals surface area contributed by atoms with Crippen LogP contribution in [0.25, 0.3) is 0 Å². The summed E-state index contributed by atoms with van der Waals surface area (Å²) < 4.78 is 0. The van der Waals surface area contributed by atoms with Gasteiger partial charge in [0.25, 0.3) is 5.91 Å². The number of carbonyl (C=O) groups is 1. The molecule has 22 heavy (non-hydrogen) atoms. The molecule has 0 fully saturated rings. The number of nitrogens with two attached hydrogens (primary N) is 1. The number of amides is 1. The van der Waals surface area contributed by atoms with Crippen LogP contribution in [0.15, 0.2) is 41.5 Å². The maximum atomic E-state index is 11.9. The van der Waals surface area contributed by atoms with Crippen LogP contribution >= 0.6 is 0 Å². The topological polar surface area (TPSA) is 128 Å². The fourth-order valence-electron chi connectivity index (χ4n) is 1.72. The maximum Gasteiger partial charge on any atom is 0.271 e. The number of phenolic OH excluding ortho intramolecular Hbond substituents is 3. The molecule has 0 atom stereocenters. The predicted octanol–water partition coefficient (Wildman–Crippen LogP) is 1.54. The van der Waals surface area contributed by atoms with Crippen LogP contribution in [0.4, 0.5) is 5.69 Å². The van der Waals surface area contributed by atoms with Crippen LogP contribution in [0.1, 0.15) is 22.8 Å². The summed E-state index contributed by atoms with van der Waals surface area (Å²) in [4.78, 5) is 11.9. The molecule has 7 nitrogen and oxygen atoms in total. The molecule has 0 aliphatic rings. The Morgan fingerprint density at radius 3 is 2.14 bits per heavy atom. The highest BCUT2D eigenvalue weighted by atomic mass is 16.3. The van der Waals surface area contributed by atoms with Gasteiger partial charge in [0.15, 0.2) is 17.2 Å². The number of carbonyl (C=O) groups excluding carboxylic acids is 1. The fourth-order valence-corrected chi connectivity index (χ4v) is 1.72. The van der Waals surface area contributed by atoms with Gasteiger partial charge in [0.1, 0.15) is 0 Å². The second kappa shape index (κ2) is 6.04. The molecule has 2 rings (SSSR count). The van der Waals surface area contributed by atoms with Crippen LogP contribution < -0.4 is 11.2 Å². The van der Waals surface area contributed by atoms with Crippen LogP contribution in [0, 0.1) is 0 Å². The molecule has 0 aromatic heterocycles. The molecule has 0 heterocycles. The number of nitrogens with zero attached hydrogens (tertiary/aromatic N) is 1. The van der Waals surface area contributed by atoms with Gasteiger partial charge in [-0.2, -0.15) is 5.10 Å². The molecule has 0 aliphatic heterocycles. The molecule has 0 bridgehead atoms. The number of hydrazone groups is 1. The SMILES string of the molecule is CC(=NNC(=O)c1cc(O)c(O)c(O)c1)c1ccc(N)cc1. The first-order valence-corrected chi connectivity index (χ1v) is 6.34. The molecular weight excluding hydrogens is 286 g/mol. The second-order valence-corrected chi connectivity index (χ2v) is 4.62. The Labute approximate surface area is 126 Å². The third-order valence-electron chi connectivity index (χ3n) is 2.99. The molecule has 0 unspecified atom stereocenters. The minimum Gasteiger partial charge on any atom is -0.504 e. The highest BCUT2D eigenvalue weighted by Crippen LogP contribution is 2.35.